The third-order valence-electron chi connectivity index (χ3n) is 3.46. The Morgan fingerprint density at radius 3 is 2.80 bits per heavy atom. The van der Waals surface area contributed by atoms with E-state index in [1.165, 1.54) is 17.0 Å². The number of rotatable bonds is 5. The molecule has 0 atom stereocenters. The van der Waals surface area contributed by atoms with Gasteiger partial charge in [0, 0.05) is 10.6 Å². The second-order valence-electron chi connectivity index (χ2n) is 5.40. The number of nitrogens with two attached hydrogens (primary N) is 1. The van der Waals surface area contributed by atoms with Gasteiger partial charge < -0.3 is 10.5 Å². The molecule has 0 saturated heterocycles. The molecule has 0 radical (unpaired) electrons. The van der Waals surface area contributed by atoms with Crippen molar-refractivity contribution >= 4 is 23.8 Å². The predicted octanol–water partition coefficient (Wildman–Crippen LogP) is 4.03. The average Bonchev–Trinajstić information content (AvgIpc) is 2.91. The summed E-state index contributed by atoms with van der Waals surface area (Å²) in [6, 6.07) is 11.9. The smallest absolute Gasteiger partial charge is 0.221 e. The van der Waals surface area contributed by atoms with E-state index in [1.54, 1.807) is 24.4 Å². The van der Waals surface area contributed by atoms with Gasteiger partial charge in [0.15, 0.2) is 11.6 Å². The van der Waals surface area contributed by atoms with Crippen LogP contribution in [0, 0.1) is 12.7 Å². The highest BCUT2D eigenvalue weighted by Gasteiger charge is 2.06. The molecule has 0 fully saturated rings. The maximum Gasteiger partial charge on any atom is 0.221 e. The summed E-state index contributed by atoms with van der Waals surface area (Å²) in [5.41, 5.74) is 7.82. The van der Waals surface area contributed by atoms with Gasteiger partial charge in [0.05, 0.1) is 18.1 Å². The third-order valence-corrected chi connectivity index (χ3v) is 3.83. The van der Waals surface area contributed by atoms with Gasteiger partial charge >= 0.3 is 0 Å². The van der Waals surface area contributed by atoms with E-state index in [2.05, 4.69) is 10.1 Å². The molecule has 0 aliphatic carbocycles. The van der Waals surface area contributed by atoms with Gasteiger partial charge in [0.2, 0.25) is 5.95 Å². The van der Waals surface area contributed by atoms with E-state index in [0.29, 0.717) is 10.6 Å². The van der Waals surface area contributed by atoms with Crippen LogP contribution >= 0.6 is 11.6 Å². The van der Waals surface area contributed by atoms with E-state index in [-0.39, 0.29) is 18.3 Å². The summed E-state index contributed by atoms with van der Waals surface area (Å²) in [7, 11) is 0. The Morgan fingerprint density at radius 1 is 1.32 bits per heavy atom. The van der Waals surface area contributed by atoms with Crippen molar-refractivity contribution in [2.75, 3.05) is 5.73 Å². The fraction of sp³-hybridized carbons (Fsp3) is 0.111. The molecule has 0 spiro atoms. The van der Waals surface area contributed by atoms with Crippen LogP contribution in [0.3, 0.4) is 0 Å². The first kappa shape index (κ1) is 17.0. The van der Waals surface area contributed by atoms with Gasteiger partial charge in [0.25, 0.3) is 0 Å². The van der Waals surface area contributed by atoms with E-state index in [0.717, 1.165) is 11.3 Å². The van der Waals surface area contributed by atoms with Crippen LogP contribution in [0.4, 0.5) is 10.3 Å². The number of ether oxygens (including phenoxy) is 1. The lowest BCUT2D eigenvalue weighted by atomic mass is 10.2. The van der Waals surface area contributed by atoms with Crippen molar-refractivity contribution in [3.8, 4) is 5.75 Å². The van der Waals surface area contributed by atoms with Crippen LogP contribution in [0.5, 0.6) is 5.75 Å². The topological polar surface area (TPSA) is 65.4 Å². The minimum Gasteiger partial charge on any atom is -0.486 e. The Labute approximate surface area is 149 Å². The number of halogens is 2. The lowest BCUT2D eigenvalue weighted by Crippen LogP contribution is -1.99. The maximum absolute atomic E-state index is 14.2. The van der Waals surface area contributed by atoms with E-state index in [1.807, 2.05) is 25.1 Å². The highest BCUT2D eigenvalue weighted by atomic mass is 35.5. The molecule has 0 bridgehead atoms. The largest absolute Gasteiger partial charge is 0.486 e. The first-order valence-electron chi connectivity index (χ1n) is 7.54. The zero-order chi connectivity index (χ0) is 17.8. The molecule has 3 aromatic rings. The SMILES string of the molecule is Cc1cn(N=Cc2ccc(OCc3ccccc3Cl)c(F)c2)c(N)n1. The number of nitrogens with zero attached hydrogens (tertiary/aromatic N) is 3. The summed E-state index contributed by atoms with van der Waals surface area (Å²) < 4.78 is 21.1. The molecule has 1 aromatic heterocycles. The first-order valence-corrected chi connectivity index (χ1v) is 7.92. The van der Waals surface area contributed by atoms with Crippen LogP contribution in [-0.4, -0.2) is 15.9 Å². The van der Waals surface area contributed by atoms with Crippen molar-refractivity contribution in [2.45, 2.75) is 13.5 Å². The van der Waals surface area contributed by atoms with Crippen molar-refractivity contribution in [1.29, 1.82) is 0 Å². The van der Waals surface area contributed by atoms with E-state index in [4.69, 9.17) is 22.1 Å². The highest BCUT2D eigenvalue weighted by Crippen LogP contribution is 2.21. The first-order chi connectivity index (χ1) is 12.0. The van der Waals surface area contributed by atoms with Crippen LogP contribution in [0.25, 0.3) is 0 Å². The second-order valence-corrected chi connectivity index (χ2v) is 5.81. The van der Waals surface area contributed by atoms with Gasteiger partial charge in [-0.1, -0.05) is 29.8 Å². The molecule has 0 aliphatic rings. The molecule has 0 unspecified atom stereocenters. The van der Waals surface area contributed by atoms with Gasteiger partial charge in [0.1, 0.15) is 6.61 Å². The lowest BCUT2D eigenvalue weighted by molar-refractivity contribution is 0.290. The summed E-state index contributed by atoms with van der Waals surface area (Å²) in [5.74, 6) is -0.0604. The molecule has 128 valence electrons. The van der Waals surface area contributed by atoms with E-state index < -0.39 is 5.82 Å². The zero-order valence-corrected chi connectivity index (χ0v) is 14.2. The lowest BCUT2D eigenvalue weighted by Gasteiger charge is -2.09. The standard InChI is InChI=1S/C18H16ClFN4O/c1-12-10-24(18(21)23-12)22-9-13-6-7-17(16(20)8-13)25-11-14-4-2-3-5-15(14)19/h2-10H,11H2,1H3,(H2,21,23). The molecule has 25 heavy (non-hydrogen) atoms. The summed E-state index contributed by atoms with van der Waals surface area (Å²) in [6.07, 6.45) is 3.18. The number of benzene rings is 2. The van der Waals surface area contributed by atoms with Crippen molar-refractivity contribution in [2.24, 2.45) is 5.10 Å². The molecule has 0 saturated carbocycles. The molecule has 1 heterocycles. The number of imidazole rings is 1. The van der Waals surface area contributed by atoms with Gasteiger partial charge in [-0.25, -0.2) is 14.1 Å². The molecular weight excluding hydrogens is 343 g/mol. The average molecular weight is 359 g/mol. The molecular formula is C18H16ClFN4O. The third kappa shape index (κ3) is 4.16. The van der Waals surface area contributed by atoms with E-state index >= 15 is 0 Å². The Bertz CT molecular complexity index is 923. The predicted molar refractivity (Wildman–Crippen MR) is 96.6 cm³/mol. The number of aromatic nitrogens is 2. The number of nitrogen functional groups attached to an aromatic ring is 1. The Kier molecular flexibility index (Phi) is 5.00. The summed E-state index contributed by atoms with van der Waals surface area (Å²) in [4.78, 5) is 4.04. The number of aryl methyl sites for hydroxylation is 1. The molecule has 3 rings (SSSR count). The monoisotopic (exact) mass is 358 g/mol. The fourth-order valence-electron chi connectivity index (χ4n) is 2.21. The minimum atomic E-state index is -0.481. The Hall–Kier alpha value is -2.86. The quantitative estimate of drug-likeness (QED) is 0.700. The zero-order valence-electron chi connectivity index (χ0n) is 13.5. The van der Waals surface area contributed by atoms with Crippen molar-refractivity contribution < 1.29 is 9.13 Å². The number of anilines is 1. The van der Waals surface area contributed by atoms with Crippen LogP contribution in [-0.2, 0) is 6.61 Å². The van der Waals surface area contributed by atoms with Gasteiger partial charge in [-0.05, 0) is 36.8 Å². The number of hydrogen-bond acceptors (Lipinski definition) is 4. The normalized spacial score (nSPS) is 11.2. The summed E-state index contributed by atoms with van der Waals surface area (Å²) >= 11 is 6.06. The van der Waals surface area contributed by atoms with Crippen molar-refractivity contribution in [3.05, 3.63) is 76.3 Å². The van der Waals surface area contributed by atoms with E-state index in [9.17, 15) is 4.39 Å². The minimum absolute atomic E-state index is 0.148. The highest BCUT2D eigenvalue weighted by molar-refractivity contribution is 6.31. The van der Waals surface area contributed by atoms with Crippen LogP contribution < -0.4 is 10.5 Å². The van der Waals surface area contributed by atoms with Crippen LogP contribution in [0.1, 0.15) is 16.8 Å². The van der Waals surface area contributed by atoms with Crippen LogP contribution in [0.15, 0.2) is 53.8 Å². The van der Waals surface area contributed by atoms with Crippen LogP contribution in [0.2, 0.25) is 5.02 Å². The van der Waals surface area contributed by atoms with Gasteiger partial charge in [-0.3, -0.25) is 0 Å². The molecule has 0 aliphatic heterocycles. The van der Waals surface area contributed by atoms with Gasteiger partial charge in [-0.2, -0.15) is 5.10 Å². The number of hydrogen-bond donors (Lipinski definition) is 1. The fourth-order valence-corrected chi connectivity index (χ4v) is 2.40. The Morgan fingerprint density at radius 2 is 2.12 bits per heavy atom. The molecule has 2 aromatic carbocycles. The summed E-state index contributed by atoms with van der Waals surface area (Å²) in [5, 5.41) is 4.74. The van der Waals surface area contributed by atoms with Crippen molar-refractivity contribution in [1.82, 2.24) is 9.66 Å². The molecule has 5 nitrogen and oxygen atoms in total. The summed E-state index contributed by atoms with van der Waals surface area (Å²) in [6.45, 7) is 2.00. The molecule has 0 amide bonds. The maximum atomic E-state index is 14.2. The second kappa shape index (κ2) is 7.36. The van der Waals surface area contributed by atoms with Crippen molar-refractivity contribution in [3.63, 3.8) is 0 Å². The Balaban J connectivity index is 1.70. The molecule has 2 N–H and O–H groups in total. The van der Waals surface area contributed by atoms with Gasteiger partial charge in [-0.15, -0.1) is 0 Å². The molecule has 7 heteroatoms.